The Kier molecular flexibility index (Phi) is 6.09. The number of nitrogens with zero attached hydrogens (tertiary/aromatic N) is 1. The minimum atomic E-state index is -0.689. The van der Waals surface area contributed by atoms with Crippen molar-refractivity contribution in [2.45, 2.75) is 52.0 Å². The Balaban J connectivity index is 2.55. The van der Waals surface area contributed by atoms with Gasteiger partial charge in [-0.1, -0.05) is 33.6 Å². The van der Waals surface area contributed by atoms with E-state index in [1.807, 2.05) is 0 Å². The standard InChI is InChI=1S/C14H28N2O2/c1-4-16(5-2)11-10-15-14(13(17)18)9-7-6-8-12(14)3/h12,15H,4-11H2,1-3H3,(H,17,18). The van der Waals surface area contributed by atoms with Crippen LogP contribution in [0.5, 0.6) is 0 Å². The van der Waals surface area contributed by atoms with Crippen molar-refractivity contribution in [3.63, 3.8) is 0 Å². The lowest BCUT2D eigenvalue weighted by molar-refractivity contribution is -0.149. The van der Waals surface area contributed by atoms with Gasteiger partial charge in [0.05, 0.1) is 0 Å². The molecule has 4 nitrogen and oxygen atoms in total. The summed E-state index contributed by atoms with van der Waals surface area (Å²) < 4.78 is 0. The van der Waals surface area contributed by atoms with Gasteiger partial charge < -0.3 is 15.3 Å². The van der Waals surface area contributed by atoms with Crippen molar-refractivity contribution in [2.24, 2.45) is 5.92 Å². The van der Waals surface area contributed by atoms with Crippen LogP contribution in [-0.2, 0) is 4.79 Å². The minimum Gasteiger partial charge on any atom is -0.480 e. The third-order valence-electron chi connectivity index (χ3n) is 4.44. The molecule has 0 aromatic carbocycles. The second-order valence-electron chi connectivity index (χ2n) is 5.38. The smallest absolute Gasteiger partial charge is 0.324 e. The van der Waals surface area contributed by atoms with E-state index in [2.05, 4.69) is 31.0 Å². The summed E-state index contributed by atoms with van der Waals surface area (Å²) in [6.45, 7) is 10.1. The highest BCUT2D eigenvalue weighted by Crippen LogP contribution is 2.33. The van der Waals surface area contributed by atoms with Crippen molar-refractivity contribution < 1.29 is 9.90 Å². The van der Waals surface area contributed by atoms with Crippen molar-refractivity contribution in [1.82, 2.24) is 10.2 Å². The van der Waals surface area contributed by atoms with E-state index in [1.165, 1.54) is 0 Å². The molecular weight excluding hydrogens is 228 g/mol. The van der Waals surface area contributed by atoms with Crippen molar-refractivity contribution in [1.29, 1.82) is 0 Å². The third-order valence-corrected chi connectivity index (χ3v) is 4.44. The highest BCUT2D eigenvalue weighted by atomic mass is 16.4. The largest absolute Gasteiger partial charge is 0.480 e. The molecule has 2 N–H and O–H groups in total. The summed E-state index contributed by atoms with van der Waals surface area (Å²) >= 11 is 0. The number of hydrogen-bond acceptors (Lipinski definition) is 3. The average Bonchev–Trinajstić information content (AvgIpc) is 2.36. The fourth-order valence-electron chi connectivity index (χ4n) is 2.98. The zero-order chi connectivity index (χ0) is 13.6. The third kappa shape index (κ3) is 3.45. The molecule has 106 valence electrons. The Bertz CT molecular complexity index is 267. The highest BCUT2D eigenvalue weighted by Gasteiger charge is 2.44. The molecule has 1 aliphatic carbocycles. The molecule has 1 fully saturated rings. The summed E-state index contributed by atoms with van der Waals surface area (Å²) in [5.74, 6) is -0.449. The lowest BCUT2D eigenvalue weighted by Gasteiger charge is -2.40. The number of carboxylic acid groups (broad SMARTS) is 1. The van der Waals surface area contributed by atoms with Gasteiger partial charge in [0, 0.05) is 13.1 Å². The average molecular weight is 256 g/mol. The number of carboxylic acids is 1. The number of carbonyl (C=O) groups is 1. The second kappa shape index (κ2) is 7.10. The molecule has 1 saturated carbocycles. The van der Waals surface area contributed by atoms with Crippen molar-refractivity contribution in [2.75, 3.05) is 26.2 Å². The molecule has 1 aliphatic rings. The van der Waals surface area contributed by atoms with Gasteiger partial charge in [-0.25, -0.2) is 0 Å². The molecule has 0 heterocycles. The molecular formula is C14H28N2O2. The van der Waals surface area contributed by atoms with Crippen LogP contribution in [0.3, 0.4) is 0 Å². The molecule has 4 heteroatoms. The van der Waals surface area contributed by atoms with Crippen molar-refractivity contribution in [3.8, 4) is 0 Å². The predicted octanol–water partition coefficient (Wildman–Crippen LogP) is 1.95. The Morgan fingerprint density at radius 1 is 1.39 bits per heavy atom. The molecule has 0 saturated heterocycles. The molecule has 0 spiro atoms. The molecule has 2 atom stereocenters. The predicted molar refractivity (Wildman–Crippen MR) is 73.8 cm³/mol. The van der Waals surface area contributed by atoms with E-state index in [9.17, 15) is 9.90 Å². The van der Waals surface area contributed by atoms with Gasteiger partial charge in [-0.3, -0.25) is 4.79 Å². The van der Waals surface area contributed by atoms with Crippen molar-refractivity contribution >= 4 is 5.97 Å². The fourth-order valence-corrected chi connectivity index (χ4v) is 2.98. The first kappa shape index (κ1) is 15.4. The minimum absolute atomic E-state index is 0.223. The van der Waals surface area contributed by atoms with Crippen LogP contribution in [0.2, 0.25) is 0 Å². The summed E-state index contributed by atoms with van der Waals surface area (Å²) in [6, 6.07) is 0. The van der Waals surface area contributed by atoms with Crippen LogP contribution < -0.4 is 5.32 Å². The molecule has 0 radical (unpaired) electrons. The lowest BCUT2D eigenvalue weighted by Crippen LogP contribution is -2.59. The molecule has 2 unspecified atom stereocenters. The van der Waals surface area contributed by atoms with E-state index in [0.717, 1.165) is 51.9 Å². The normalized spacial score (nSPS) is 28.6. The lowest BCUT2D eigenvalue weighted by atomic mass is 9.73. The summed E-state index contributed by atoms with van der Waals surface area (Å²) in [7, 11) is 0. The summed E-state index contributed by atoms with van der Waals surface area (Å²) in [5, 5.41) is 12.9. The molecule has 0 amide bonds. The SMILES string of the molecule is CCN(CC)CCNC1(C(=O)O)CCCCC1C. The molecule has 1 rings (SSSR count). The van der Waals surface area contributed by atoms with E-state index in [4.69, 9.17) is 0 Å². The van der Waals surface area contributed by atoms with E-state index >= 15 is 0 Å². The molecule has 0 aromatic rings. The van der Waals surface area contributed by atoms with E-state index < -0.39 is 11.5 Å². The maximum atomic E-state index is 11.6. The van der Waals surface area contributed by atoms with Gasteiger partial charge in [0.15, 0.2) is 0 Å². The number of rotatable bonds is 7. The first-order chi connectivity index (χ1) is 8.56. The quantitative estimate of drug-likeness (QED) is 0.731. The highest BCUT2D eigenvalue weighted by molar-refractivity contribution is 5.79. The first-order valence-electron chi connectivity index (χ1n) is 7.27. The Morgan fingerprint density at radius 2 is 2.06 bits per heavy atom. The van der Waals surface area contributed by atoms with Crippen molar-refractivity contribution in [3.05, 3.63) is 0 Å². The van der Waals surface area contributed by atoms with Crippen LogP contribution in [0.4, 0.5) is 0 Å². The van der Waals surface area contributed by atoms with Gasteiger partial charge >= 0.3 is 5.97 Å². The Hall–Kier alpha value is -0.610. The summed E-state index contributed by atoms with van der Waals surface area (Å²) in [6.07, 6.45) is 3.97. The van der Waals surface area contributed by atoms with Crippen LogP contribution in [-0.4, -0.2) is 47.7 Å². The van der Waals surface area contributed by atoms with Gasteiger partial charge in [-0.15, -0.1) is 0 Å². The van der Waals surface area contributed by atoms with Gasteiger partial charge in [-0.2, -0.15) is 0 Å². The molecule has 0 bridgehead atoms. The van der Waals surface area contributed by atoms with Gasteiger partial charge in [-0.05, 0) is 31.8 Å². The maximum Gasteiger partial charge on any atom is 0.324 e. The number of nitrogens with one attached hydrogen (secondary N) is 1. The van der Waals surface area contributed by atoms with Crippen LogP contribution in [0.1, 0.15) is 46.5 Å². The van der Waals surface area contributed by atoms with Gasteiger partial charge in [0.1, 0.15) is 5.54 Å². The summed E-state index contributed by atoms with van der Waals surface area (Å²) in [4.78, 5) is 13.9. The van der Waals surface area contributed by atoms with E-state index in [-0.39, 0.29) is 5.92 Å². The topological polar surface area (TPSA) is 52.6 Å². The molecule has 18 heavy (non-hydrogen) atoms. The summed E-state index contributed by atoms with van der Waals surface area (Å²) in [5.41, 5.74) is -0.689. The Labute approximate surface area is 111 Å². The zero-order valence-electron chi connectivity index (χ0n) is 12.0. The van der Waals surface area contributed by atoms with Gasteiger partial charge in [0.2, 0.25) is 0 Å². The van der Waals surface area contributed by atoms with Gasteiger partial charge in [0.25, 0.3) is 0 Å². The van der Waals surface area contributed by atoms with E-state index in [1.54, 1.807) is 0 Å². The maximum absolute atomic E-state index is 11.6. The van der Waals surface area contributed by atoms with Crippen LogP contribution >= 0.6 is 0 Å². The zero-order valence-corrected chi connectivity index (χ0v) is 12.0. The first-order valence-corrected chi connectivity index (χ1v) is 7.27. The van der Waals surface area contributed by atoms with Crippen LogP contribution in [0.25, 0.3) is 0 Å². The second-order valence-corrected chi connectivity index (χ2v) is 5.38. The van der Waals surface area contributed by atoms with Crippen LogP contribution in [0.15, 0.2) is 0 Å². The molecule has 0 aliphatic heterocycles. The number of likely N-dealkylation sites (N-methyl/N-ethyl adjacent to an activating group) is 1. The fraction of sp³-hybridized carbons (Fsp3) is 0.929. The Morgan fingerprint density at radius 3 is 2.56 bits per heavy atom. The monoisotopic (exact) mass is 256 g/mol. The van der Waals surface area contributed by atoms with E-state index in [0.29, 0.717) is 0 Å². The number of aliphatic carboxylic acids is 1. The van der Waals surface area contributed by atoms with Crippen LogP contribution in [0, 0.1) is 5.92 Å². The number of hydrogen-bond donors (Lipinski definition) is 2. The molecule has 0 aromatic heterocycles.